The Hall–Kier alpha value is -2.35. The molecule has 3 rings (SSSR count). The van der Waals surface area contributed by atoms with Gasteiger partial charge >= 0.3 is 6.18 Å². The maximum atomic E-state index is 13.0. The predicted octanol–water partition coefficient (Wildman–Crippen LogP) is 4.75. The Labute approximate surface area is 174 Å². The Kier molecular flexibility index (Phi) is 6.85. The van der Waals surface area contributed by atoms with Crippen molar-refractivity contribution in [2.75, 3.05) is 26.2 Å². The van der Waals surface area contributed by atoms with Gasteiger partial charge < -0.3 is 9.32 Å². The molecule has 0 spiro atoms. The number of aryl methyl sites for hydroxylation is 1. The summed E-state index contributed by atoms with van der Waals surface area (Å²) in [5.74, 6) is 0.918. The van der Waals surface area contributed by atoms with Crippen LogP contribution in [0.15, 0.2) is 28.7 Å². The third-order valence-corrected chi connectivity index (χ3v) is 5.63. The van der Waals surface area contributed by atoms with Crippen molar-refractivity contribution in [2.24, 2.45) is 5.92 Å². The van der Waals surface area contributed by atoms with Gasteiger partial charge in [-0.2, -0.15) is 13.2 Å². The number of amides is 1. The standard InChI is InChI=1S/C22H28F3N3O2/c1-4-28(5-2)21(29)17-9-7-11-27(13-17)14-19-15(3)30-20(26-19)16-8-6-10-18(12-16)22(23,24)25/h6,8,10,12,17H,4-5,7,9,11,13-14H2,1-3H3/t17-/m0/s1. The minimum absolute atomic E-state index is 0.0335. The van der Waals surface area contributed by atoms with Crippen LogP contribution in [-0.4, -0.2) is 46.9 Å². The van der Waals surface area contributed by atoms with Crippen LogP contribution in [0.25, 0.3) is 11.5 Å². The molecule has 1 aliphatic rings. The molecular formula is C22H28F3N3O2. The minimum atomic E-state index is -4.42. The largest absolute Gasteiger partial charge is 0.441 e. The maximum Gasteiger partial charge on any atom is 0.416 e. The van der Waals surface area contributed by atoms with Gasteiger partial charge in [0.25, 0.3) is 0 Å². The van der Waals surface area contributed by atoms with Gasteiger partial charge in [0, 0.05) is 31.7 Å². The summed E-state index contributed by atoms with van der Waals surface area (Å²) < 4.78 is 44.7. The van der Waals surface area contributed by atoms with Crippen LogP contribution >= 0.6 is 0 Å². The highest BCUT2D eigenvalue weighted by Crippen LogP contribution is 2.32. The Morgan fingerprint density at radius 3 is 2.70 bits per heavy atom. The van der Waals surface area contributed by atoms with Gasteiger partial charge in [0.2, 0.25) is 11.8 Å². The first kappa shape index (κ1) is 22.3. The molecule has 0 aliphatic carbocycles. The molecule has 0 N–H and O–H groups in total. The highest BCUT2D eigenvalue weighted by Gasteiger charge is 2.31. The molecule has 1 fully saturated rings. The van der Waals surface area contributed by atoms with Crippen LogP contribution in [-0.2, 0) is 17.5 Å². The van der Waals surface area contributed by atoms with E-state index in [4.69, 9.17) is 4.42 Å². The fourth-order valence-electron chi connectivity index (χ4n) is 3.93. The lowest BCUT2D eigenvalue weighted by Crippen LogP contribution is -2.44. The summed E-state index contributed by atoms with van der Waals surface area (Å²) in [7, 11) is 0. The fraction of sp³-hybridized carbons (Fsp3) is 0.545. The number of hydrogen-bond donors (Lipinski definition) is 0. The van der Waals surface area contributed by atoms with Crippen LogP contribution in [0.2, 0.25) is 0 Å². The number of hydrogen-bond acceptors (Lipinski definition) is 4. The average Bonchev–Trinajstić information content (AvgIpc) is 3.09. The van der Waals surface area contributed by atoms with E-state index in [-0.39, 0.29) is 17.7 Å². The lowest BCUT2D eigenvalue weighted by molar-refractivity contribution is -0.138. The zero-order chi connectivity index (χ0) is 21.9. The number of halogens is 3. The van der Waals surface area contributed by atoms with Crippen LogP contribution in [0.3, 0.4) is 0 Å². The van der Waals surface area contributed by atoms with E-state index in [9.17, 15) is 18.0 Å². The van der Waals surface area contributed by atoms with E-state index in [1.165, 1.54) is 6.07 Å². The molecule has 8 heteroatoms. The molecule has 1 aromatic carbocycles. The van der Waals surface area contributed by atoms with Crippen LogP contribution in [0.5, 0.6) is 0 Å². The summed E-state index contributed by atoms with van der Waals surface area (Å²) in [4.78, 5) is 21.2. The van der Waals surface area contributed by atoms with E-state index in [1.807, 2.05) is 18.7 Å². The maximum absolute atomic E-state index is 13.0. The lowest BCUT2D eigenvalue weighted by Gasteiger charge is -2.34. The van der Waals surface area contributed by atoms with Crippen molar-refractivity contribution >= 4 is 5.91 Å². The zero-order valence-corrected chi connectivity index (χ0v) is 17.6. The van der Waals surface area contributed by atoms with Crippen molar-refractivity contribution in [1.82, 2.24) is 14.8 Å². The molecule has 0 unspecified atom stereocenters. The molecule has 1 amide bonds. The lowest BCUT2D eigenvalue weighted by atomic mass is 9.96. The van der Waals surface area contributed by atoms with Gasteiger partial charge in [0.15, 0.2) is 0 Å². The normalized spacial score (nSPS) is 17.9. The number of rotatable bonds is 6. The number of alkyl halides is 3. The number of nitrogens with zero attached hydrogens (tertiary/aromatic N) is 3. The van der Waals surface area contributed by atoms with Crippen LogP contribution in [0.1, 0.15) is 43.7 Å². The fourth-order valence-corrected chi connectivity index (χ4v) is 3.93. The van der Waals surface area contributed by atoms with Crippen molar-refractivity contribution in [2.45, 2.75) is 46.3 Å². The molecule has 5 nitrogen and oxygen atoms in total. The Morgan fingerprint density at radius 2 is 2.03 bits per heavy atom. The highest BCUT2D eigenvalue weighted by atomic mass is 19.4. The quantitative estimate of drug-likeness (QED) is 0.673. The summed E-state index contributed by atoms with van der Waals surface area (Å²) in [6, 6.07) is 4.99. The second-order valence-electron chi connectivity index (χ2n) is 7.69. The molecule has 164 valence electrons. The Bertz CT molecular complexity index is 875. The first-order valence-corrected chi connectivity index (χ1v) is 10.4. The third kappa shape index (κ3) is 5.03. The van der Waals surface area contributed by atoms with Gasteiger partial charge in [-0.1, -0.05) is 6.07 Å². The molecule has 2 heterocycles. The summed E-state index contributed by atoms with van der Waals surface area (Å²) in [6.45, 7) is 9.15. The van der Waals surface area contributed by atoms with E-state index in [1.54, 1.807) is 13.0 Å². The molecule has 0 bridgehead atoms. The first-order chi connectivity index (χ1) is 14.2. The molecule has 1 aliphatic heterocycles. The monoisotopic (exact) mass is 423 g/mol. The number of likely N-dealkylation sites (tertiary alicyclic amines) is 1. The molecule has 0 radical (unpaired) electrons. The van der Waals surface area contributed by atoms with Crippen LogP contribution < -0.4 is 0 Å². The SMILES string of the molecule is CCN(CC)C(=O)[C@H]1CCCN(Cc2nc(-c3cccc(C(F)(F)F)c3)oc2C)C1. The Morgan fingerprint density at radius 1 is 1.30 bits per heavy atom. The van der Waals surface area contributed by atoms with E-state index in [0.717, 1.165) is 31.5 Å². The van der Waals surface area contributed by atoms with E-state index in [2.05, 4.69) is 9.88 Å². The average molecular weight is 423 g/mol. The van der Waals surface area contributed by atoms with Crippen molar-refractivity contribution in [3.63, 3.8) is 0 Å². The van der Waals surface area contributed by atoms with Crippen molar-refractivity contribution < 1.29 is 22.4 Å². The van der Waals surface area contributed by atoms with E-state index >= 15 is 0 Å². The molecule has 30 heavy (non-hydrogen) atoms. The van der Waals surface area contributed by atoms with Crippen molar-refractivity contribution in [3.8, 4) is 11.5 Å². The molecule has 1 atom stereocenters. The summed E-state index contributed by atoms with van der Waals surface area (Å²) in [5, 5.41) is 0. The predicted molar refractivity (Wildman–Crippen MR) is 108 cm³/mol. The topological polar surface area (TPSA) is 49.6 Å². The summed E-state index contributed by atoms with van der Waals surface area (Å²) in [5.41, 5.74) is 0.261. The number of carbonyl (C=O) groups is 1. The molecular weight excluding hydrogens is 395 g/mol. The van der Waals surface area contributed by atoms with E-state index in [0.29, 0.717) is 43.2 Å². The van der Waals surface area contributed by atoms with Crippen molar-refractivity contribution in [3.05, 3.63) is 41.3 Å². The van der Waals surface area contributed by atoms with Crippen molar-refractivity contribution in [1.29, 1.82) is 0 Å². The second kappa shape index (κ2) is 9.20. The summed E-state index contributed by atoms with van der Waals surface area (Å²) >= 11 is 0. The number of carbonyl (C=O) groups excluding carboxylic acids is 1. The Balaban J connectivity index is 1.73. The molecule has 2 aromatic rings. The second-order valence-corrected chi connectivity index (χ2v) is 7.69. The van der Waals surface area contributed by atoms with Gasteiger partial charge in [-0.3, -0.25) is 9.69 Å². The van der Waals surface area contributed by atoms with Crippen LogP contribution in [0.4, 0.5) is 13.2 Å². The molecule has 1 aromatic heterocycles. The molecule has 0 saturated carbocycles. The van der Waals surface area contributed by atoms with Gasteiger partial charge in [-0.15, -0.1) is 0 Å². The van der Waals surface area contributed by atoms with Crippen LogP contribution in [0, 0.1) is 12.8 Å². The van der Waals surface area contributed by atoms with Gasteiger partial charge in [-0.25, -0.2) is 4.98 Å². The number of oxazole rings is 1. The molecule has 1 saturated heterocycles. The number of benzene rings is 1. The third-order valence-electron chi connectivity index (χ3n) is 5.63. The summed E-state index contributed by atoms with van der Waals surface area (Å²) in [6.07, 6.45) is -2.62. The number of aromatic nitrogens is 1. The van der Waals surface area contributed by atoms with Gasteiger partial charge in [0.1, 0.15) is 5.76 Å². The van der Waals surface area contributed by atoms with E-state index < -0.39 is 11.7 Å². The smallest absolute Gasteiger partial charge is 0.416 e. The van der Waals surface area contributed by atoms with Gasteiger partial charge in [-0.05, 0) is 58.4 Å². The number of piperidine rings is 1. The van der Waals surface area contributed by atoms with Gasteiger partial charge in [0.05, 0.1) is 17.2 Å². The first-order valence-electron chi connectivity index (χ1n) is 10.4. The minimum Gasteiger partial charge on any atom is -0.441 e. The zero-order valence-electron chi connectivity index (χ0n) is 17.6. The highest BCUT2D eigenvalue weighted by molar-refractivity contribution is 5.79.